The number of anilines is 1. The first-order valence-electron chi connectivity index (χ1n) is 7.99. The molecule has 0 saturated carbocycles. The average Bonchev–Trinajstić information content (AvgIpc) is 3.20. The Morgan fingerprint density at radius 1 is 1.33 bits per heavy atom. The zero-order chi connectivity index (χ0) is 17.1. The lowest BCUT2D eigenvalue weighted by Crippen LogP contribution is -2.17. The van der Waals surface area contributed by atoms with E-state index in [1.807, 2.05) is 6.92 Å². The summed E-state index contributed by atoms with van der Waals surface area (Å²) in [6, 6.07) is 4.35. The van der Waals surface area contributed by atoms with Gasteiger partial charge in [-0.2, -0.15) is 4.37 Å². The summed E-state index contributed by atoms with van der Waals surface area (Å²) in [5.74, 6) is 6.97. The first-order chi connectivity index (χ1) is 11.5. The van der Waals surface area contributed by atoms with Crippen molar-refractivity contribution in [2.45, 2.75) is 39.8 Å². The summed E-state index contributed by atoms with van der Waals surface area (Å²) in [5, 5.41) is 6.76. The lowest BCUT2D eigenvalue weighted by atomic mass is 10.1. The van der Waals surface area contributed by atoms with E-state index < -0.39 is 0 Å². The molecule has 3 aromatic rings. The van der Waals surface area contributed by atoms with E-state index in [4.69, 9.17) is 5.73 Å². The largest absolute Gasteiger partial charge is 0.370 e. The van der Waals surface area contributed by atoms with Gasteiger partial charge in [-0.05, 0) is 36.3 Å². The van der Waals surface area contributed by atoms with E-state index in [0.717, 1.165) is 29.0 Å². The highest BCUT2D eigenvalue weighted by atomic mass is 32.1. The van der Waals surface area contributed by atoms with Crippen LogP contribution in [0, 0.1) is 17.8 Å². The van der Waals surface area contributed by atoms with E-state index in [9.17, 15) is 0 Å². The molecule has 0 bridgehead atoms. The Bertz CT molecular complexity index is 861. The van der Waals surface area contributed by atoms with Crippen LogP contribution < -0.4 is 11.1 Å². The third-order valence-corrected chi connectivity index (χ3v) is 6.42. The third kappa shape index (κ3) is 3.98. The van der Waals surface area contributed by atoms with Crippen molar-refractivity contribution in [3.63, 3.8) is 0 Å². The maximum Gasteiger partial charge on any atom is 0.127 e. The van der Waals surface area contributed by atoms with Crippen LogP contribution in [-0.2, 0) is 13.0 Å². The second-order valence-corrected chi connectivity index (χ2v) is 9.04. The molecule has 126 valence electrons. The van der Waals surface area contributed by atoms with Crippen molar-refractivity contribution in [1.82, 2.24) is 4.37 Å². The van der Waals surface area contributed by atoms with Crippen LogP contribution in [0.25, 0.3) is 10.2 Å². The van der Waals surface area contributed by atoms with E-state index in [1.54, 1.807) is 22.7 Å². The predicted octanol–water partition coefficient (Wildman–Crippen LogP) is 4.93. The summed E-state index contributed by atoms with van der Waals surface area (Å²) in [4.78, 5) is 2.58. The van der Waals surface area contributed by atoms with Crippen molar-refractivity contribution in [2.75, 3.05) is 5.32 Å². The second kappa shape index (κ2) is 7.66. The molecule has 0 spiro atoms. The molecule has 0 unspecified atom stereocenters. The van der Waals surface area contributed by atoms with Gasteiger partial charge in [0.2, 0.25) is 0 Å². The first kappa shape index (κ1) is 17.4. The number of nitrogens with one attached hydrogen (secondary N) is 1. The number of thiophene rings is 2. The minimum Gasteiger partial charge on any atom is -0.370 e. The summed E-state index contributed by atoms with van der Waals surface area (Å²) < 4.78 is 5.88. The van der Waals surface area contributed by atoms with E-state index in [1.165, 1.54) is 26.0 Å². The normalized spacial score (nSPS) is 12.4. The Labute approximate surface area is 155 Å². The molecule has 0 radical (unpaired) electrons. The minimum atomic E-state index is 0.124. The zero-order valence-electron chi connectivity index (χ0n) is 14.1. The predicted molar refractivity (Wildman–Crippen MR) is 108 cm³/mol. The second-order valence-electron chi connectivity index (χ2n) is 6.13. The molecule has 0 amide bonds. The zero-order valence-corrected chi connectivity index (χ0v) is 16.5. The lowest BCUT2D eigenvalue weighted by molar-refractivity contribution is 0.746. The number of fused-ring (bicyclic) bond motifs is 1. The number of rotatable bonds is 5. The molecule has 0 aliphatic carbocycles. The molecular formula is C18H21N3S3. The summed E-state index contributed by atoms with van der Waals surface area (Å²) in [6.07, 6.45) is 0.845. The van der Waals surface area contributed by atoms with Gasteiger partial charge in [0.25, 0.3) is 0 Å². The average molecular weight is 376 g/mol. The van der Waals surface area contributed by atoms with E-state index in [0.29, 0.717) is 5.92 Å². The fourth-order valence-corrected chi connectivity index (χ4v) is 5.19. The Balaban J connectivity index is 1.94. The Hall–Kier alpha value is -1.39. The van der Waals surface area contributed by atoms with E-state index >= 15 is 0 Å². The molecule has 3 N–H and O–H groups in total. The van der Waals surface area contributed by atoms with Gasteiger partial charge in [-0.3, -0.25) is 0 Å². The van der Waals surface area contributed by atoms with Gasteiger partial charge < -0.3 is 11.1 Å². The minimum absolute atomic E-state index is 0.124. The van der Waals surface area contributed by atoms with Crippen molar-refractivity contribution >= 4 is 49.4 Å². The first-order valence-corrected chi connectivity index (χ1v) is 10.5. The van der Waals surface area contributed by atoms with Crippen LogP contribution in [0.5, 0.6) is 0 Å². The van der Waals surface area contributed by atoms with Gasteiger partial charge in [0.15, 0.2) is 0 Å². The maximum atomic E-state index is 6.03. The Kier molecular flexibility index (Phi) is 5.57. The van der Waals surface area contributed by atoms with Gasteiger partial charge in [-0.25, -0.2) is 0 Å². The molecule has 3 nitrogen and oxygen atoms in total. The van der Waals surface area contributed by atoms with Crippen LogP contribution in [-0.4, -0.2) is 10.4 Å². The van der Waals surface area contributed by atoms with Crippen molar-refractivity contribution < 1.29 is 0 Å². The van der Waals surface area contributed by atoms with Gasteiger partial charge in [-0.1, -0.05) is 31.8 Å². The van der Waals surface area contributed by atoms with Crippen LogP contribution in [0.1, 0.15) is 36.1 Å². The fraction of sp³-hybridized carbons (Fsp3) is 0.389. The summed E-state index contributed by atoms with van der Waals surface area (Å²) in [5.41, 5.74) is 8.13. The molecule has 3 aromatic heterocycles. The summed E-state index contributed by atoms with van der Waals surface area (Å²) >= 11 is 5.07. The number of hydrogen-bond donors (Lipinski definition) is 2. The Morgan fingerprint density at radius 2 is 2.17 bits per heavy atom. The molecule has 0 aromatic carbocycles. The molecule has 24 heavy (non-hydrogen) atoms. The quantitative estimate of drug-likeness (QED) is 0.622. The molecule has 0 aliphatic heterocycles. The smallest absolute Gasteiger partial charge is 0.127 e. The summed E-state index contributed by atoms with van der Waals surface area (Å²) in [7, 11) is 0. The third-order valence-electron chi connectivity index (χ3n) is 3.39. The standard InChI is InChI=1S/C18H21N3S3/c1-11(2)6-7-14-15(9-12(3)19)23-17-16(14)21-24-18(17)20-10-13-5-4-8-22-13/h4-5,8,11-12,20H,9-10,19H2,1-3H3/t12-/m0/s1. The molecule has 0 fully saturated rings. The monoisotopic (exact) mass is 375 g/mol. The molecule has 6 heteroatoms. The fourth-order valence-electron chi connectivity index (χ4n) is 2.32. The van der Waals surface area contributed by atoms with Crippen molar-refractivity contribution in [2.24, 2.45) is 11.7 Å². The lowest BCUT2D eigenvalue weighted by Gasteiger charge is -2.03. The molecule has 3 rings (SSSR count). The highest BCUT2D eigenvalue weighted by Gasteiger charge is 2.18. The van der Waals surface area contributed by atoms with Crippen LogP contribution in [0.2, 0.25) is 0 Å². The number of nitrogens with zero attached hydrogens (tertiary/aromatic N) is 1. The van der Waals surface area contributed by atoms with Crippen LogP contribution in [0.15, 0.2) is 17.5 Å². The maximum absolute atomic E-state index is 6.03. The molecule has 0 aliphatic rings. The van der Waals surface area contributed by atoms with Crippen molar-refractivity contribution in [3.05, 3.63) is 32.8 Å². The Morgan fingerprint density at radius 3 is 2.83 bits per heavy atom. The van der Waals surface area contributed by atoms with E-state index in [-0.39, 0.29) is 6.04 Å². The highest BCUT2D eigenvalue weighted by Crippen LogP contribution is 2.39. The van der Waals surface area contributed by atoms with Crippen LogP contribution in [0.3, 0.4) is 0 Å². The van der Waals surface area contributed by atoms with Crippen molar-refractivity contribution in [3.8, 4) is 11.8 Å². The topological polar surface area (TPSA) is 50.9 Å². The van der Waals surface area contributed by atoms with Crippen LogP contribution in [0.4, 0.5) is 5.00 Å². The molecule has 0 saturated heterocycles. The van der Waals surface area contributed by atoms with Gasteiger partial charge in [0.05, 0.1) is 16.8 Å². The van der Waals surface area contributed by atoms with Gasteiger partial charge in [-0.15, -0.1) is 22.7 Å². The number of aromatic nitrogens is 1. The van der Waals surface area contributed by atoms with Gasteiger partial charge in [0.1, 0.15) is 10.5 Å². The van der Waals surface area contributed by atoms with Crippen molar-refractivity contribution in [1.29, 1.82) is 0 Å². The molecule has 3 heterocycles. The molecule has 1 atom stereocenters. The summed E-state index contributed by atoms with van der Waals surface area (Å²) in [6.45, 7) is 7.09. The highest BCUT2D eigenvalue weighted by molar-refractivity contribution is 7.24. The van der Waals surface area contributed by atoms with Gasteiger partial charge >= 0.3 is 0 Å². The van der Waals surface area contributed by atoms with Gasteiger partial charge in [0, 0.05) is 21.7 Å². The SMILES string of the molecule is CC(C)C#Cc1c(C[C@H](C)N)sc2c(NCc3cccs3)snc12. The molecular weight excluding hydrogens is 354 g/mol. The van der Waals surface area contributed by atoms with Crippen LogP contribution >= 0.6 is 34.2 Å². The number of hydrogen-bond acceptors (Lipinski definition) is 6. The number of nitrogens with two attached hydrogens (primary N) is 1. The van der Waals surface area contributed by atoms with E-state index in [2.05, 4.69) is 52.9 Å².